The topological polar surface area (TPSA) is 69.2 Å². The van der Waals surface area contributed by atoms with Gasteiger partial charge >= 0.3 is 0 Å². The maximum atomic E-state index is 12.1. The van der Waals surface area contributed by atoms with Crippen LogP contribution in [0.1, 0.15) is 37.3 Å². The lowest BCUT2D eigenvalue weighted by Crippen LogP contribution is -2.20. The highest BCUT2D eigenvalue weighted by Gasteiger charge is 2.08. The molecular weight excluding hydrogens is 392 g/mol. The van der Waals surface area contributed by atoms with Crippen molar-refractivity contribution in [2.75, 3.05) is 20.8 Å². The smallest absolute Gasteiger partial charge is 0.244 e. The standard InChI is InChI=1S/C22H27ClN2O4/c1-4-5-6-11-29-20-10-7-16(12-21(20)28-3)15-24-25-22(26)14-17-13-18(27-2)8-9-19(17)23/h7-10,12-13,15H,4-6,11,14H2,1-3H3,(H,25,26)/b24-15+. The van der Waals surface area contributed by atoms with Gasteiger partial charge in [-0.2, -0.15) is 5.10 Å². The molecule has 1 amide bonds. The number of amides is 1. The Morgan fingerprint density at radius 3 is 2.66 bits per heavy atom. The number of methoxy groups -OCH3 is 2. The molecule has 156 valence electrons. The van der Waals surface area contributed by atoms with Crippen LogP contribution in [0.4, 0.5) is 0 Å². The van der Waals surface area contributed by atoms with Crippen LogP contribution >= 0.6 is 11.6 Å². The second-order valence-electron chi connectivity index (χ2n) is 6.39. The summed E-state index contributed by atoms with van der Waals surface area (Å²) in [5, 5.41) is 4.51. The van der Waals surface area contributed by atoms with Gasteiger partial charge in [0.2, 0.25) is 5.91 Å². The monoisotopic (exact) mass is 418 g/mol. The van der Waals surface area contributed by atoms with Crippen LogP contribution in [0, 0.1) is 0 Å². The summed E-state index contributed by atoms with van der Waals surface area (Å²) in [6.45, 7) is 2.80. The first-order valence-corrected chi connectivity index (χ1v) is 9.90. The number of nitrogens with one attached hydrogen (secondary N) is 1. The molecule has 29 heavy (non-hydrogen) atoms. The van der Waals surface area contributed by atoms with E-state index in [9.17, 15) is 4.79 Å². The zero-order valence-corrected chi connectivity index (χ0v) is 17.8. The number of ether oxygens (including phenoxy) is 3. The lowest BCUT2D eigenvalue weighted by molar-refractivity contribution is -0.120. The third-order valence-corrected chi connectivity index (χ3v) is 4.57. The minimum absolute atomic E-state index is 0.0984. The normalized spacial score (nSPS) is 10.8. The molecule has 0 spiro atoms. The summed E-state index contributed by atoms with van der Waals surface area (Å²) >= 11 is 6.13. The number of halogens is 1. The van der Waals surface area contributed by atoms with Gasteiger partial charge in [-0.3, -0.25) is 4.79 Å². The summed E-state index contributed by atoms with van der Waals surface area (Å²) in [5.41, 5.74) is 3.96. The zero-order chi connectivity index (χ0) is 21.1. The maximum Gasteiger partial charge on any atom is 0.244 e. The number of benzene rings is 2. The van der Waals surface area contributed by atoms with Crippen molar-refractivity contribution in [1.82, 2.24) is 5.43 Å². The summed E-state index contributed by atoms with van der Waals surface area (Å²) in [6, 6.07) is 10.7. The summed E-state index contributed by atoms with van der Waals surface area (Å²) in [6.07, 6.45) is 4.93. The highest BCUT2D eigenvalue weighted by atomic mass is 35.5. The van der Waals surface area contributed by atoms with Crippen molar-refractivity contribution in [2.45, 2.75) is 32.6 Å². The molecule has 2 aromatic rings. The number of carbonyl (C=O) groups is 1. The van der Waals surface area contributed by atoms with E-state index >= 15 is 0 Å². The van der Waals surface area contributed by atoms with E-state index < -0.39 is 0 Å². The minimum atomic E-state index is -0.278. The van der Waals surface area contributed by atoms with E-state index in [1.807, 2.05) is 18.2 Å². The van der Waals surface area contributed by atoms with Gasteiger partial charge in [0.15, 0.2) is 11.5 Å². The number of hydrogen-bond donors (Lipinski definition) is 1. The fourth-order valence-corrected chi connectivity index (χ4v) is 2.81. The van der Waals surface area contributed by atoms with Gasteiger partial charge in [-0.1, -0.05) is 31.4 Å². The van der Waals surface area contributed by atoms with Crippen molar-refractivity contribution in [1.29, 1.82) is 0 Å². The van der Waals surface area contributed by atoms with Crippen LogP contribution in [0.25, 0.3) is 0 Å². The molecule has 0 saturated carbocycles. The fraction of sp³-hybridized carbons (Fsp3) is 0.364. The lowest BCUT2D eigenvalue weighted by atomic mass is 10.1. The van der Waals surface area contributed by atoms with Crippen LogP contribution in [0.15, 0.2) is 41.5 Å². The van der Waals surface area contributed by atoms with Crippen LogP contribution in [0.3, 0.4) is 0 Å². The Morgan fingerprint density at radius 2 is 1.93 bits per heavy atom. The van der Waals surface area contributed by atoms with E-state index in [2.05, 4.69) is 17.5 Å². The molecule has 0 aliphatic rings. The Hall–Kier alpha value is -2.73. The van der Waals surface area contributed by atoms with Crippen molar-refractivity contribution in [3.05, 3.63) is 52.5 Å². The average Bonchev–Trinajstić information content (AvgIpc) is 2.73. The Morgan fingerprint density at radius 1 is 1.10 bits per heavy atom. The molecular formula is C22H27ClN2O4. The van der Waals surface area contributed by atoms with Gasteiger partial charge in [0.1, 0.15) is 5.75 Å². The molecule has 2 aromatic carbocycles. The van der Waals surface area contributed by atoms with Crippen LogP contribution < -0.4 is 19.6 Å². The van der Waals surface area contributed by atoms with Crippen LogP contribution in [0.5, 0.6) is 17.2 Å². The molecule has 0 bridgehead atoms. The molecule has 0 aliphatic carbocycles. The average molecular weight is 419 g/mol. The molecule has 0 unspecified atom stereocenters. The molecule has 0 saturated heterocycles. The van der Waals surface area contributed by atoms with E-state index in [0.29, 0.717) is 34.4 Å². The van der Waals surface area contributed by atoms with Gasteiger partial charge in [-0.25, -0.2) is 5.43 Å². The van der Waals surface area contributed by atoms with Gasteiger partial charge in [-0.05, 0) is 53.9 Å². The van der Waals surface area contributed by atoms with Gasteiger partial charge in [0.05, 0.1) is 33.5 Å². The predicted molar refractivity (Wildman–Crippen MR) is 115 cm³/mol. The fourth-order valence-electron chi connectivity index (χ4n) is 2.62. The first-order valence-electron chi connectivity index (χ1n) is 9.52. The van der Waals surface area contributed by atoms with Gasteiger partial charge in [0.25, 0.3) is 0 Å². The second-order valence-corrected chi connectivity index (χ2v) is 6.80. The number of rotatable bonds is 11. The van der Waals surface area contributed by atoms with Gasteiger partial charge < -0.3 is 14.2 Å². The number of hydrazone groups is 1. The van der Waals surface area contributed by atoms with E-state index in [1.54, 1.807) is 38.6 Å². The van der Waals surface area contributed by atoms with Gasteiger partial charge in [-0.15, -0.1) is 0 Å². The van der Waals surface area contributed by atoms with E-state index in [-0.39, 0.29) is 12.3 Å². The summed E-state index contributed by atoms with van der Waals surface area (Å²) in [7, 11) is 3.15. The zero-order valence-electron chi connectivity index (χ0n) is 17.0. The molecule has 0 aromatic heterocycles. The first kappa shape index (κ1) is 22.6. The van der Waals surface area contributed by atoms with Crippen molar-refractivity contribution in [3.63, 3.8) is 0 Å². The first-order chi connectivity index (χ1) is 14.1. The van der Waals surface area contributed by atoms with Crippen molar-refractivity contribution in [3.8, 4) is 17.2 Å². The second kappa shape index (κ2) is 12.0. The molecule has 1 N–H and O–H groups in total. The molecule has 0 radical (unpaired) electrons. The van der Waals surface area contributed by atoms with Gasteiger partial charge in [0, 0.05) is 5.02 Å². The van der Waals surface area contributed by atoms with Crippen LogP contribution in [-0.2, 0) is 11.2 Å². The summed E-state index contributed by atoms with van der Waals surface area (Å²) in [4.78, 5) is 12.1. The lowest BCUT2D eigenvalue weighted by Gasteiger charge is -2.11. The van der Waals surface area contributed by atoms with Crippen LogP contribution in [0.2, 0.25) is 5.02 Å². The highest BCUT2D eigenvalue weighted by Crippen LogP contribution is 2.28. The van der Waals surface area contributed by atoms with Crippen molar-refractivity contribution in [2.24, 2.45) is 5.10 Å². The van der Waals surface area contributed by atoms with Crippen molar-refractivity contribution < 1.29 is 19.0 Å². The Labute approximate surface area is 176 Å². The summed E-state index contributed by atoms with van der Waals surface area (Å²) in [5.74, 6) is 1.68. The molecule has 6 nitrogen and oxygen atoms in total. The van der Waals surface area contributed by atoms with E-state index in [0.717, 1.165) is 24.8 Å². The van der Waals surface area contributed by atoms with E-state index in [4.69, 9.17) is 25.8 Å². The third-order valence-electron chi connectivity index (χ3n) is 4.20. The molecule has 0 heterocycles. The number of nitrogens with zero attached hydrogens (tertiary/aromatic N) is 1. The number of hydrogen-bond acceptors (Lipinski definition) is 5. The Bertz CT molecular complexity index is 840. The highest BCUT2D eigenvalue weighted by molar-refractivity contribution is 6.31. The van der Waals surface area contributed by atoms with Crippen LogP contribution in [-0.4, -0.2) is 32.9 Å². The van der Waals surface area contributed by atoms with E-state index in [1.165, 1.54) is 0 Å². The molecule has 7 heteroatoms. The molecule has 2 rings (SSSR count). The largest absolute Gasteiger partial charge is 0.497 e. The number of unbranched alkanes of at least 4 members (excludes halogenated alkanes) is 2. The Kier molecular flexibility index (Phi) is 9.31. The molecule has 0 aliphatic heterocycles. The SMILES string of the molecule is CCCCCOc1ccc(/C=N/NC(=O)Cc2cc(OC)ccc2Cl)cc1OC. The molecule has 0 atom stereocenters. The summed E-state index contributed by atoms with van der Waals surface area (Å²) < 4.78 is 16.3. The number of carbonyl (C=O) groups excluding carboxylic acids is 1. The predicted octanol–water partition coefficient (Wildman–Crippen LogP) is 4.62. The van der Waals surface area contributed by atoms with Crippen molar-refractivity contribution >= 4 is 23.7 Å². The minimum Gasteiger partial charge on any atom is -0.497 e. The molecule has 0 fully saturated rings. The Balaban J connectivity index is 1.93. The quantitative estimate of drug-likeness (QED) is 0.328. The third kappa shape index (κ3) is 7.31. The maximum absolute atomic E-state index is 12.1.